The molecule has 0 saturated carbocycles. The third-order valence-electron chi connectivity index (χ3n) is 8.65. The van der Waals surface area contributed by atoms with Gasteiger partial charge in [-0.2, -0.15) is 0 Å². The van der Waals surface area contributed by atoms with Gasteiger partial charge in [0.05, 0.1) is 36.5 Å². The van der Waals surface area contributed by atoms with Gasteiger partial charge in [-0.05, 0) is 49.4 Å². The minimum atomic E-state index is -1.05. The van der Waals surface area contributed by atoms with Gasteiger partial charge in [-0.25, -0.2) is 24.4 Å². The molecule has 0 bridgehead atoms. The Hall–Kier alpha value is -5.02. The lowest BCUT2D eigenvalue weighted by Crippen LogP contribution is -2.53. The van der Waals surface area contributed by atoms with Gasteiger partial charge in [0, 0.05) is 59.1 Å². The number of amidine groups is 1. The molecule has 3 aliphatic heterocycles. The van der Waals surface area contributed by atoms with Gasteiger partial charge in [-0.15, -0.1) is 11.3 Å². The number of urea groups is 1. The fourth-order valence-electron chi connectivity index (χ4n) is 6.32. The molecule has 16 heteroatoms. The maximum absolute atomic E-state index is 13.6. The number of carbonyl (C=O) groups is 3. The summed E-state index contributed by atoms with van der Waals surface area (Å²) in [6.45, 7) is 4.27. The number of rotatable bonds is 10. The molecule has 2 amide bonds. The van der Waals surface area contributed by atoms with E-state index in [1.54, 1.807) is 60.5 Å². The van der Waals surface area contributed by atoms with Crippen LogP contribution in [0.5, 0.6) is 11.5 Å². The largest absolute Gasteiger partial charge is 0.478 e. The zero-order valence-electron chi connectivity index (χ0n) is 27.2. The first-order valence-electron chi connectivity index (χ1n) is 16.1. The molecular formula is C35H31Cl2N7O6S. The molecule has 5 heterocycles. The first-order chi connectivity index (χ1) is 24.7. The van der Waals surface area contributed by atoms with E-state index in [1.165, 1.54) is 29.7 Å². The number of fused-ring (bicyclic) bond motifs is 1. The highest BCUT2D eigenvalue weighted by molar-refractivity contribution is 7.11. The van der Waals surface area contributed by atoms with Crippen LogP contribution in [0.25, 0.3) is 0 Å². The first kappa shape index (κ1) is 34.4. The third-order valence-corrected chi connectivity index (χ3v) is 9.99. The van der Waals surface area contributed by atoms with Gasteiger partial charge in [-0.3, -0.25) is 14.8 Å². The van der Waals surface area contributed by atoms with E-state index in [1.807, 2.05) is 10.3 Å². The van der Waals surface area contributed by atoms with Crippen molar-refractivity contribution in [1.82, 2.24) is 25.1 Å². The number of nitrogens with one attached hydrogen (secondary N) is 1. The number of aromatic carboxylic acids is 1. The second-order valence-corrected chi connectivity index (χ2v) is 13.6. The Balaban J connectivity index is 1.10. The lowest BCUT2D eigenvalue weighted by Gasteiger charge is -2.38. The summed E-state index contributed by atoms with van der Waals surface area (Å²) in [4.78, 5) is 58.0. The van der Waals surface area contributed by atoms with E-state index < -0.39 is 18.0 Å². The number of pyridine rings is 1. The molecule has 2 atom stereocenters. The summed E-state index contributed by atoms with van der Waals surface area (Å²) in [6, 6.07) is 13.6. The van der Waals surface area contributed by atoms with Gasteiger partial charge in [-0.1, -0.05) is 35.3 Å². The van der Waals surface area contributed by atoms with Crippen LogP contribution in [0.3, 0.4) is 0 Å². The lowest BCUT2D eigenvalue weighted by atomic mass is 9.95. The predicted molar refractivity (Wildman–Crippen MR) is 192 cm³/mol. The fourth-order valence-corrected chi connectivity index (χ4v) is 7.42. The zero-order valence-corrected chi connectivity index (χ0v) is 29.5. The molecule has 0 aliphatic carbocycles. The maximum Gasteiger partial charge on any atom is 0.338 e. The number of benzene rings is 2. The second kappa shape index (κ2) is 14.7. The number of amides is 2. The molecule has 2 saturated heterocycles. The summed E-state index contributed by atoms with van der Waals surface area (Å²) < 4.78 is 11.3. The van der Waals surface area contributed by atoms with Crippen molar-refractivity contribution in [3.63, 3.8) is 0 Å². The maximum atomic E-state index is 13.6. The highest BCUT2D eigenvalue weighted by Gasteiger charge is 2.43. The van der Waals surface area contributed by atoms with Crippen molar-refractivity contribution >= 4 is 64.2 Å². The average Bonchev–Trinajstić information content (AvgIpc) is 3.77. The summed E-state index contributed by atoms with van der Waals surface area (Å²) in [6.07, 6.45) is 3.19. The molecule has 2 aromatic carbocycles. The van der Waals surface area contributed by atoms with E-state index >= 15 is 0 Å². The van der Waals surface area contributed by atoms with Crippen LogP contribution in [-0.4, -0.2) is 94.1 Å². The molecule has 2 fully saturated rings. The fraction of sp³-hybridized carbons (Fsp3) is 0.257. The molecule has 2 N–H and O–H groups in total. The van der Waals surface area contributed by atoms with Gasteiger partial charge in [0.1, 0.15) is 23.4 Å². The Kier molecular flexibility index (Phi) is 9.91. The van der Waals surface area contributed by atoms with Crippen LogP contribution in [0.4, 0.5) is 10.6 Å². The predicted octanol–water partition coefficient (Wildman–Crippen LogP) is 5.87. The van der Waals surface area contributed by atoms with E-state index in [0.29, 0.717) is 87.8 Å². The number of ether oxygens (including phenoxy) is 2. The number of thiazole rings is 1. The molecule has 2 aromatic heterocycles. The van der Waals surface area contributed by atoms with Crippen LogP contribution < -0.4 is 15.0 Å². The third kappa shape index (κ3) is 7.26. The number of hydrogen-bond donors (Lipinski definition) is 2. The zero-order chi connectivity index (χ0) is 35.6. The number of anilines is 1. The Labute approximate surface area is 306 Å². The van der Waals surface area contributed by atoms with E-state index in [9.17, 15) is 19.5 Å². The number of halogens is 2. The van der Waals surface area contributed by atoms with Crippen molar-refractivity contribution in [2.24, 2.45) is 4.99 Å². The van der Waals surface area contributed by atoms with Crippen LogP contribution in [-0.2, 0) is 9.53 Å². The van der Waals surface area contributed by atoms with Crippen LogP contribution >= 0.6 is 34.5 Å². The van der Waals surface area contributed by atoms with Crippen molar-refractivity contribution in [2.45, 2.75) is 19.0 Å². The number of nitrogens with zero attached hydrogens (tertiary/aromatic N) is 6. The molecule has 51 heavy (non-hydrogen) atoms. The highest BCUT2D eigenvalue weighted by Crippen LogP contribution is 2.38. The summed E-state index contributed by atoms with van der Waals surface area (Å²) in [5.41, 5.74) is 1.67. The molecule has 4 aromatic rings. The quantitative estimate of drug-likeness (QED) is 0.189. The summed E-state index contributed by atoms with van der Waals surface area (Å²) in [5, 5.41) is 16.0. The van der Waals surface area contributed by atoms with Crippen molar-refractivity contribution < 1.29 is 29.0 Å². The van der Waals surface area contributed by atoms with Crippen LogP contribution in [0.15, 0.2) is 88.6 Å². The minimum Gasteiger partial charge on any atom is -0.478 e. The summed E-state index contributed by atoms with van der Waals surface area (Å²) in [5.74, 6) is 0.191. The van der Waals surface area contributed by atoms with E-state index in [4.69, 9.17) is 37.7 Å². The van der Waals surface area contributed by atoms with E-state index in [-0.39, 0.29) is 24.2 Å². The average molecular weight is 749 g/mol. The Morgan fingerprint density at radius 3 is 2.65 bits per heavy atom. The molecule has 262 valence electrons. The van der Waals surface area contributed by atoms with Crippen LogP contribution in [0.2, 0.25) is 10.0 Å². The summed E-state index contributed by atoms with van der Waals surface area (Å²) >= 11 is 14.3. The monoisotopic (exact) mass is 747 g/mol. The number of piperazine rings is 1. The van der Waals surface area contributed by atoms with E-state index in [2.05, 4.69) is 20.2 Å². The number of aromatic nitrogens is 2. The van der Waals surface area contributed by atoms with Gasteiger partial charge in [0.15, 0.2) is 10.8 Å². The molecule has 0 unspecified atom stereocenters. The van der Waals surface area contributed by atoms with Crippen LogP contribution in [0, 0.1) is 0 Å². The molecular weight excluding hydrogens is 717 g/mol. The minimum absolute atomic E-state index is 0.108. The second-order valence-electron chi connectivity index (χ2n) is 11.9. The molecule has 0 radical (unpaired) electrons. The first-order valence-corrected chi connectivity index (χ1v) is 17.7. The number of hydrogen-bond acceptors (Lipinski definition) is 11. The number of carboxylic acids is 1. The van der Waals surface area contributed by atoms with Crippen molar-refractivity contribution in [2.75, 3.05) is 44.2 Å². The smallest absolute Gasteiger partial charge is 0.338 e. The number of carbonyl (C=O) groups excluding carboxylic acids is 2. The van der Waals surface area contributed by atoms with Gasteiger partial charge in [0.25, 0.3) is 0 Å². The van der Waals surface area contributed by atoms with Gasteiger partial charge < -0.3 is 24.8 Å². The number of esters is 1. The van der Waals surface area contributed by atoms with Crippen LogP contribution in [0.1, 0.15) is 33.9 Å². The Morgan fingerprint density at radius 2 is 1.92 bits per heavy atom. The number of carboxylic acid groups (broad SMARTS) is 1. The lowest BCUT2D eigenvalue weighted by molar-refractivity contribution is -0.139. The normalized spacial score (nSPS) is 19.0. The van der Waals surface area contributed by atoms with Gasteiger partial charge >= 0.3 is 18.0 Å². The van der Waals surface area contributed by atoms with E-state index in [0.717, 1.165) is 0 Å². The highest BCUT2D eigenvalue weighted by atomic mass is 35.5. The molecule has 0 spiro atoms. The SMILES string of the molecule is CCOC(=O)C1=C(CN2CCN3C(=O)N(c4ccc(Oc5cccc(C(=O)O)c5)cn4)C[C@@H]3C2)NC(c2nccs2)=N[C@H]1c1ccc(Cl)cc1Cl. The van der Waals surface area contributed by atoms with Crippen molar-refractivity contribution in [3.05, 3.63) is 110 Å². The summed E-state index contributed by atoms with van der Waals surface area (Å²) in [7, 11) is 0. The molecule has 3 aliphatic rings. The van der Waals surface area contributed by atoms with Crippen molar-refractivity contribution in [1.29, 1.82) is 0 Å². The standard InChI is InChI=1S/C35H31Cl2N7O6S/c1-2-49-34(47)29-27(40-31(32-38-10-13-51-32)41-30(29)25-8-6-21(36)15-26(25)37)19-42-11-12-43-22(17-42)18-44(35(43)48)28-9-7-24(16-39-28)50-23-5-3-4-20(14-23)33(45)46/h3-10,13-16,22,30H,2,11-12,17-19H2,1H3,(H,40,41)(H,45,46)/t22-,30-/m0/s1. The van der Waals surface area contributed by atoms with Crippen molar-refractivity contribution in [3.8, 4) is 11.5 Å². The molecule has 7 rings (SSSR count). The van der Waals surface area contributed by atoms with Gasteiger partial charge in [0.2, 0.25) is 0 Å². The Bertz CT molecular complexity index is 2040. The molecule has 13 nitrogen and oxygen atoms in total. The topological polar surface area (TPSA) is 150 Å². The Morgan fingerprint density at radius 1 is 1.06 bits per heavy atom. The number of aliphatic imine (C=N–C) groups is 1.